The molecule has 51 nitrogen and oxygen atoms in total. The number of aromatic amines is 1. The number of aromatic hydroxyl groups is 1. The molecule has 16 atom stereocenters. The Morgan fingerprint density at radius 3 is 1.23 bits per heavy atom. The molecule has 4 saturated heterocycles. The van der Waals surface area contributed by atoms with E-state index in [9.17, 15) is 82.1 Å². The molecule has 18 amide bonds. The van der Waals surface area contributed by atoms with Crippen molar-refractivity contribution in [3.63, 3.8) is 0 Å². The summed E-state index contributed by atoms with van der Waals surface area (Å²) < 4.78 is 0. The minimum absolute atomic E-state index is 0.00184. The minimum Gasteiger partial charge on any atom is -0.508 e. The molecule has 6 rings (SSSR count). The van der Waals surface area contributed by atoms with E-state index in [1.165, 1.54) is 70.2 Å². The van der Waals surface area contributed by atoms with Crippen LogP contribution in [0, 0.1) is 34.0 Å². The van der Waals surface area contributed by atoms with E-state index in [1.807, 2.05) is 0 Å². The zero-order valence-corrected chi connectivity index (χ0v) is 77.5. The normalized spacial score (nSPS) is 18.3. The predicted molar refractivity (Wildman–Crippen MR) is 488 cm³/mol. The van der Waals surface area contributed by atoms with E-state index in [-0.39, 0.29) is 173 Å². The summed E-state index contributed by atoms with van der Waals surface area (Å²) in [5, 5.41) is 79.5. The van der Waals surface area contributed by atoms with Crippen molar-refractivity contribution in [3.05, 3.63) is 48.0 Å². The molecule has 4 aliphatic heterocycles. The van der Waals surface area contributed by atoms with Crippen molar-refractivity contribution < 1.29 is 101 Å². The molecule has 0 bridgehead atoms. The Kier molecular flexibility index (Phi) is 44.2. The van der Waals surface area contributed by atoms with Gasteiger partial charge in [-0.1, -0.05) is 60.1 Å². The average Bonchev–Trinajstić information content (AvgIpc) is 1.64. The molecule has 0 radical (unpaired) electrons. The lowest BCUT2D eigenvalue weighted by molar-refractivity contribution is -0.146. The summed E-state index contributed by atoms with van der Waals surface area (Å²) in [6.07, 6.45) is 1.21. The standard InChI is InChI=1S/C85H136N30O21/c1-7-45(6)67(111-72(125)53(36-46-22-24-48(116)25-23-46)107-77(130)66(44(4)5)110-69(122)50(16-9-29-98-84(92)93)102-71(124)55(39-64(89)119)106-70(123)54(38-63(88)118)101-65(120)40-86)81(134)115-34-14-21-61(115)75(128)105-52(26-27-62(87)117)79(132)113-32-11-19-59(113)74(127)104-51(17-10-30-99-85(94)95)78(131)112-31-12-20-60(112)76(129)108-56(37-47-41-96-42-100-47)80(133)114-33-13-18-58(114)73(126)103-49(15-8-28-97-83(90)91)68(121)109-57(82(135)136)35-43(2)3/h22-25,41-45,49-61,66-67,116H,7-21,26-40,86H2,1-6H3,(H2,87,117)(H2,88,118)(H2,89,119)(H,96,100)(H,101,120)(H,102,124)(H,103,126)(H,104,127)(H,105,128)(H,106,123)(H,107,130)(H,108,129)(H,109,121)(H,110,122)(H,111,125)(H,135,136)(H4,90,91,97)(H4,92,93,98)(H4,94,95,99)/t45-,49-,50-,51-,52-,53-,54-,55-,56-,57-,58-,59-,60-,61-,66-,67-/m0/s1. The number of phenols is 1. The van der Waals surface area contributed by atoms with E-state index in [4.69, 9.17) is 56.4 Å². The fourth-order valence-electron chi connectivity index (χ4n) is 16.4. The van der Waals surface area contributed by atoms with E-state index < -0.39 is 259 Å². The second-order valence-corrected chi connectivity index (χ2v) is 35.1. The molecular formula is C85H136N30O21. The first kappa shape index (κ1) is 111. The number of carboxylic acids is 1. The smallest absolute Gasteiger partial charge is 0.326 e. The molecule has 1 aromatic heterocycles. The number of phenolic OH excluding ortho intramolecular Hbond substituents is 1. The van der Waals surface area contributed by atoms with Crippen molar-refractivity contribution in [2.45, 2.75) is 273 Å². The van der Waals surface area contributed by atoms with Gasteiger partial charge >= 0.3 is 5.97 Å². The highest BCUT2D eigenvalue weighted by Crippen LogP contribution is 2.28. The fraction of sp³-hybridized carbons (Fsp3) is 0.635. The Morgan fingerprint density at radius 2 is 0.816 bits per heavy atom. The topological polar surface area (TPSA) is 829 Å². The van der Waals surface area contributed by atoms with Crippen LogP contribution < -0.4 is 115 Å². The highest BCUT2D eigenvalue weighted by molar-refractivity contribution is 6.03. The number of guanidine groups is 3. The Balaban J connectivity index is 1.21. The summed E-state index contributed by atoms with van der Waals surface area (Å²) in [6, 6.07) is -16.3. The first-order valence-electron chi connectivity index (χ1n) is 45.6. The number of primary amides is 3. The van der Waals surface area contributed by atoms with Gasteiger partial charge in [-0.3, -0.25) is 103 Å². The van der Waals surface area contributed by atoms with Crippen LogP contribution in [0.25, 0.3) is 0 Å². The van der Waals surface area contributed by atoms with Crippen molar-refractivity contribution in [3.8, 4) is 5.75 Å². The molecule has 4 fully saturated rings. The zero-order valence-electron chi connectivity index (χ0n) is 77.5. The molecular weight excluding hydrogens is 1780 g/mol. The number of nitrogens with one attached hydrogen (secondary N) is 18. The number of nitrogens with zero attached hydrogens (tertiary/aromatic N) is 5. The van der Waals surface area contributed by atoms with Gasteiger partial charge in [-0.2, -0.15) is 0 Å². The lowest BCUT2D eigenvalue weighted by Crippen LogP contribution is -2.62. The van der Waals surface area contributed by atoms with Gasteiger partial charge in [0.15, 0.2) is 17.9 Å². The zero-order chi connectivity index (χ0) is 101. The summed E-state index contributed by atoms with van der Waals surface area (Å²) in [7, 11) is 0. The summed E-state index contributed by atoms with van der Waals surface area (Å²) in [5.74, 6) is -20.7. The third kappa shape index (κ3) is 34.8. The number of benzene rings is 1. The van der Waals surface area contributed by atoms with Gasteiger partial charge in [0, 0.05) is 71.3 Å². The Morgan fingerprint density at radius 1 is 0.441 bits per heavy atom. The van der Waals surface area contributed by atoms with Crippen molar-refractivity contribution in [2.75, 3.05) is 52.4 Å². The van der Waals surface area contributed by atoms with E-state index in [0.717, 1.165) is 0 Å². The Labute approximate surface area is 785 Å². The first-order chi connectivity index (χ1) is 64.3. The van der Waals surface area contributed by atoms with Gasteiger partial charge in [0.2, 0.25) is 106 Å². The number of carbonyl (C=O) groups is 19. The number of carbonyl (C=O) groups excluding carboxylic acids is 18. The first-order valence-corrected chi connectivity index (χ1v) is 45.6. The van der Waals surface area contributed by atoms with Crippen molar-refractivity contribution in [1.82, 2.24) is 104 Å². The predicted octanol–water partition coefficient (Wildman–Crippen LogP) is -8.21. The van der Waals surface area contributed by atoms with E-state index in [2.05, 4.69) is 84.4 Å². The van der Waals surface area contributed by atoms with Gasteiger partial charge in [-0.05, 0) is 138 Å². The van der Waals surface area contributed by atoms with Gasteiger partial charge in [0.1, 0.15) is 96.4 Å². The SMILES string of the molecule is CC[C@H](C)[C@H](NC(=O)[C@H](Cc1ccc(O)cc1)NC(=O)[C@@H](NC(=O)[C@H](CCCNC(=N)N)NC(=O)[C@H](CC(N)=O)NC(=O)[C@H](CC(N)=O)NC(=O)CN)C(C)C)C(=O)N1CCC[C@H]1C(=O)N[C@@H](CCC(N)=O)C(=O)N1CCC[C@H]1C(=O)N[C@@H](CCCNC(=N)N)C(=O)N1CCC[C@H]1C(=O)N[C@@H](Cc1c[nH]cn1)C(=O)N1CCC[C@H]1C(=O)N[C@@H](CCCNC(=N)N)C(=O)N[C@@H](CC(C)C)C(=O)O. The van der Waals surface area contributed by atoms with Crippen LogP contribution in [-0.4, -0.2) is 313 Å². The lowest BCUT2D eigenvalue weighted by Gasteiger charge is -2.34. The van der Waals surface area contributed by atoms with Crippen LogP contribution in [0.3, 0.4) is 0 Å². The number of nitrogens with two attached hydrogens (primary N) is 7. The van der Waals surface area contributed by atoms with Crippen LogP contribution in [0.5, 0.6) is 5.75 Å². The summed E-state index contributed by atoms with van der Waals surface area (Å²) in [6.45, 7) is 9.35. The number of likely N-dealkylation sites (tertiary alicyclic amines) is 4. The van der Waals surface area contributed by atoms with Gasteiger partial charge in [0.25, 0.3) is 0 Å². The van der Waals surface area contributed by atoms with Gasteiger partial charge in [0.05, 0.1) is 31.4 Å². The molecule has 2 aromatic rings. The number of carboxylic acid groups (broad SMARTS) is 1. The van der Waals surface area contributed by atoms with Gasteiger partial charge in [-0.25, -0.2) is 9.78 Å². The summed E-state index contributed by atoms with van der Waals surface area (Å²) in [5.41, 5.74) is 39.1. The van der Waals surface area contributed by atoms with E-state index in [0.29, 0.717) is 17.7 Å². The van der Waals surface area contributed by atoms with Crippen molar-refractivity contribution in [2.24, 2.45) is 57.9 Å². The number of aliphatic carboxylic acids is 1. The number of aromatic nitrogens is 2. The number of rotatable bonds is 55. The molecule has 0 aliphatic carbocycles. The third-order valence-corrected chi connectivity index (χ3v) is 23.7. The summed E-state index contributed by atoms with van der Waals surface area (Å²) in [4.78, 5) is 279. The molecule has 0 saturated carbocycles. The third-order valence-electron chi connectivity index (χ3n) is 23.7. The van der Waals surface area contributed by atoms with Crippen LogP contribution >= 0.6 is 0 Å². The van der Waals surface area contributed by atoms with E-state index in [1.54, 1.807) is 27.7 Å². The molecule has 136 heavy (non-hydrogen) atoms. The fourth-order valence-corrected chi connectivity index (χ4v) is 16.4. The quantitative estimate of drug-likeness (QED) is 0.0166. The van der Waals surface area contributed by atoms with Crippen molar-refractivity contribution in [1.29, 1.82) is 16.2 Å². The van der Waals surface area contributed by atoms with Crippen LogP contribution in [0.1, 0.15) is 181 Å². The summed E-state index contributed by atoms with van der Waals surface area (Å²) >= 11 is 0. The molecule has 34 N–H and O–H groups in total. The maximum Gasteiger partial charge on any atom is 0.326 e. The molecule has 1 aromatic carbocycles. The number of hydrogen-bond acceptors (Lipinski definition) is 25. The van der Waals surface area contributed by atoms with Gasteiger partial charge < -0.3 is 149 Å². The van der Waals surface area contributed by atoms with Crippen LogP contribution in [-0.2, 0) is 104 Å². The molecule has 5 heterocycles. The maximum absolute atomic E-state index is 15.3. The average molecular weight is 1910 g/mol. The Bertz CT molecular complexity index is 4580. The molecule has 0 unspecified atom stereocenters. The highest BCUT2D eigenvalue weighted by atomic mass is 16.4. The second-order valence-electron chi connectivity index (χ2n) is 35.1. The van der Waals surface area contributed by atoms with E-state index >= 15 is 19.2 Å². The number of H-pyrrole nitrogens is 1. The van der Waals surface area contributed by atoms with Crippen LogP contribution in [0.15, 0.2) is 36.8 Å². The number of imidazole rings is 1. The van der Waals surface area contributed by atoms with Crippen molar-refractivity contribution >= 4 is 130 Å². The van der Waals surface area contributed by atoms with Crippen LogP contribution in [0.2, 0.25) is 0 Å². The minimum atomic E-state index is -1.86. The van der Waals surface area contributed by atoms with Gasteiger partial charge in [-0.15, -0.1) is 0 Å². The highest BCUT2D eigenvalue weighted by Gasteiger charge is 2.48. The monoisotopic (exact) mass is 1910 g/mol. The lowest BCUT2D eigenvalue weighted by atomic mass is 9.96. The molecule has 4 aliphatic rings. The number of amides is 18. The second kappa shape index (κ2) is 54.3. The molecule has 51 heteroatoms. The van der Waals surface area contributed by atoms with Crippen LogP contribution in [0.4, 0.5) is 0 Å². The largest absolute Gasteiger partial charge is 0.508 e. The number of hydrogen-bond donors (Lipinski definition) is 27. The Hall–Kier alpha value is -14.1. The maximum atomic E-state index is 15.3. The molecule has 0 spiro atoms. The molecule has 752 valence electrons.